The van der Waals surface area contributed by atoms with Gasteiger partial charge in [-0.15, -0.1) is 0 Å². The Kier molecular flexibility index (Phi) is 5.26. The predicted octanol–water partition coefficient (Wildman–Crippen LogP) is 2.48. The van der Waals surface area contributed by atoms with Crippen LogP contribution in [0.25, 0.3) is 11.1 Å². The van der Waals surface area contributed by atoms with E-state index in [-0.39, 0.29) is 11.3 Å². The Morgan fingerprint density at radius 1 is 0.920 bits per heavy atom. The number of carboxylic acid groups (broad SMARTS) is 1. The molecule has 0 unspecified atom stereocenters. The first-order chi connectivity index (χ1) is 12.0. The summed E-state index contributed by atoms with van der Waals surface area (Å²) in [5, 5.41) is 8.98. The molecule has 1 aliphatic heterocycles. The van der Waals surface area contributed by atoms with Crippen molar-refractivity contribution < 1.29 is 14.7 Å². The van der Waals surface area contributed by atoms with Gasteiger partial charge in [0.1, 0.15) is 0 Å². The average molecular weight is 338 g/mol. The zero-order valence-electron chi connectivity index (χ0n) is 14.3. The molecule has 0 radical (unpaired) electrons. The van der Waals surface area contributed by atoms with Crippen molar-refractivity contribution in [2.24, 2.45) is 0 Å². The van der Waals surface area contributed by atoms with Crippen molar-refractivity contribution in [1.29, 1.82) is 0 Å². The van der Waals surface area contributed by atoms with E-state index in [9.17, 15) is 9.59 Å². The van der Waals surface area contributed by atoms with Crippen LogP contribution in [0, 0.1) is 0 Å². The second-order valence-corrected chi connectivity index (χ2v) is 6.47. The largest absolute Gasteiger partial charge is 0.478 e. The Balaban J connectivity index is 1.72. The number of benzene rings is 2. The zero-order chi connectivity index (χ0) is 17.8. The fourth-order valence-electron chi connectivity index (χ4n) is 2.98. The summed E-state index contributed by atoms with van der Waals surface area (Å²) < 4.78 is 0. The highest BCUT2D eigenvalue weighted by Gasteiger charge is 2.17. The molecule has 1 aliphatic rings. The third kappa shape index (κ3) is 4.32. The van der Waals surface area contributed by atoms with E-state index in [0.29, 0.717) is 12.1 Å². The molecule has 1 N–H and O–H groups in total. The lowest BCUT2D eigenvalue weighted by molar-refractivity contribution is 0.0696. The Bertz CT molecular complexity index is 763. The first kappa shape index (κ1) is 17.3. The minimum atomic E-state index is -0.942. The molecule has 0 amide bonds. The highest BCUT2D eigenvalue weighted by atomic mass is 16.4. The second kappa shape index (κ2) is 7.59. The number of carbonyl (C=O) groups is 2. The fraction of sp³-hybridized carbons (Fsp3) is 0.300. The van der Waals surface area contributed by atoms with Gasteiger partial charge in [-0.3, -0.25) is 9.69 Å². The van der Waals surface area contributed by atoms with Crippen molar-refractivity contribution in [2.75, 3.05) is 39.8 Å². The maximum atomic E-state index is 12.6. The molecule has 2 aromatic carbocycles. The molecule has 5 nitrogen and oxygen atoms in total. The van der Waals surface area contributed by atoms with Gasteiger partial charge in [0.2, 0.25) is 0 Å². The predicted molar refractivity (Wildman–Crippen MR) is 97.1 cm³/mol. The number of ketones is 1. The third-order valence-electron chi connectivity index (χ3n) is 4.61. The van der Waals surface area contributed by atoms with Gasteiger partial charge in [-0.05, 0) is 36.4 Å². The van der Waals surface area contributed by atoms with Crippen LogP contribution in [0.1, 0.15) is 20.7 Å². The van der Waals surface area contributed by atoms with Gasteiger partial charge in [0.25, 0.3) is 0 Å². The fourth-order valence-corrected chi connectivity index (χ4v) is 2.98. The summed E-state index contributed by atoms with van der Waals surface area (Å²) in [7, 11) is 2.10. The number of carboxylic acids is 1. The summed E-state index contributed by atoms with van der Waals surface area (Å²) in [4.78, 5) is 28.0. The zero-order valence-corrected chi connectivity index (χ0v) is 14.3. The van der Waals surface area contributed by atoms with Crippen LogP contribution >= 0.6 is 0 Å². The number of hydrogen-bond donors (Lipinski definition) is 1. The maximum Gasteiger partial charge on any atom is 0.335 e. The van der Waals surface area contributed by atoms with E-state index in [1.54, 1.807) is 24.3 Å². The molecule has 0 atom stereocenters. The molecule has 0 bridgehead atoms. The van der Waals surface area contributed by atoms with Gasteiger partial charge in [0, 0.05) is 31.7 Å². The smallest absolute Gasteiger partial charge is 0.335 e. The van der Waals surface area contributed by atoms with Crippen molar-refractivity contribution in [3.63, 3.8) is 0 Å². The van der Waals surface area contributed by atoms with Gasteiger partial charge in [0.15, 0.2) is 5.78 Å². The van der Waals surface area contributed by atoms with E-state index in [0.717, 1.165) is 37.3 Å². The second-order valence-electron chi connectivity index (χ2n) is 6.47. The summed E-state index contributed by atoms with van der Waals surface area (Å²) >= 11 is 0. The van der Waals surface area contributed by atoms with Gasteiger partial charge >= 0.3 is 5.97 Å². The van der Waals surface area contributed by atoms with Crippen LogP contribution in [0.2, 0.25) is 0 Å². The van der Waals surface area contributed by atoms with Crippen molar-refractivity contribution in [2.45, 2.75) is 0 Å². The summed E-state index contributed by atoms with van der Waals surface area (Å²) in [5.74, 6) is -0.823. The van der Waals surface area contributed by atoms with E-state index < -0.39 is 5.97 Å². The van der Waals surface area contributed by atoms with Crippen molar-refractivity contribution in [1.82, 2.24) is 9.80 Å². The number of carbonyl (C=O) groups excluding carboxylic acids is 1. The molecule has 1 saturated heterocycles. The lowest BCUT2D eigenvalue weighted by atomic mass is 10.00. The molecule has 1 heterocycles. The topological polar surface area (TPSA) is 60.9 Å². The minimum Gasteiger partial charge on any atom is -0.478 e. The molecule has 3 rings (SSSR count). The quantitative estimate of drug-likeness (QED) is 0.849. The van der Waals surface area contributed by atoms with E-state index >= 15 is 0 Å². The molecule has 25 heavy (non-hydrogen) atoms. The Morgan fingerprint density at radius 3 is 2.24 bits per heavy atom. The van der Waals surface area contributed by atoms with Gasteiger partial charge in [-0.1, -0.05) is 30.3 Å². The van der Waals surface area contributed by atoms with Crippen LogP contribution in [-0.4, -0.2) is 66.4 Å². The molecular weight excluding hydrogens is 316 g/mol. The minimum absolute atomic E-state index is 0.119. The van der Waals surface area contributed by atoms with Crippen LogP contribution in [0.5, 0.6) is 0 Å². The normalized spacial score (nSPS) is 15.9. The first-order valence-corrected chi connectivity index (χ1v) is 8.41. The highest BCUT2D eigenvalue weighted by molar-refractivity contribution is 5.98. The number of rotatable bonds is 5. The Labute approximate surface area is 147 Å². The van der Waals surface area contributed by atoms with E-state index in [4.69, 9.17) is 5.11 Å². The van der Waals surface area contributed by atoms with E-state index in [1.165, 1.54) is 0 Å². The number of nitrogens with zero attached hydrogens (tertiary/aromatic N) is 2. The van der Waals surface area contributed by atoms with Crippen LogP contribution in [0.4, 0.5) is 0 Å². The summed E-state index contributed by atoms with van der Waals surface area (Å²) in [5.41, 5.74) is 2.77. The molecule has 1 fully saturated rings. The SMILES string of the molecule is CN1CCN(CC(=O)c2cccc(-c3ccc(C(=O)O)cc3)c2)CC1. The lowest BCUT2D eigenvalue weighted by Crippen LogP contribution is -2.46. The molecular formula is C20H22N2O3. The standard InChI is InChI=1S/C20H22N2O3/c1-21-9-11-22(12-10-21)14-19(23)18-4-2-3-17(13-18)15-5-7-16(8-6-15)20(24)25/h2-8,13H,9-12,14H2,1H3,(H,24,25). The van der Waals surface area contributed by atoms with Crippen LogP contribution in [0.3, 0.4) is 0 Å². The summed E-state index contributed by atoms with van der Waals surface area (Å²) in [6, 6.07) is 14.2. The number of hydrogen-bond acceptors (Lipinski definition) is 4. The van der Waals surface area contributed by atoms with Crippen molar-refractivity contribution in [3.05, 3.63) is 59.7 Å². The number of piperazine rings is 1. The molecule has 0 spiro atoms. The molecule has 0 aromatic heterocycles. The van der Waals surface area contributed by atoms with Crippen LogP contribution in [0.15, 0.2) is 48.5 Å². The van der Waals surface area contributed by atoms with Gasteiger partial charge in [-0.2, -0.15) is 0 Å². The molecule has 0 saturated carbocycles. The van der Waals surface area contributed by atoms with Gasteiger partial charge in [0.05, 0.1) is 12.1 Å². The summed E-state index contributed by atoms with van der Waals surface area (Å²) in [6.45, 7) is 4.25. The van der Waals surface area contributed by atoms with Crippen LogP contribution in [-0.2, 0) is 0 Å². The molecule has 130 valence electrons. The maximum absolute atomic E-state index is 12.6. The third-order valence-corrected chi connectivity index (χ3v) is 4.61. The Morgan fingerprint density at radius 2 is 1.60 bits per heavy atom. The van der Waals surface area contributed by atoms with Crippen molar-refractivity contribution >= 4 is 11.8 Å². The van der Waals surface area contributed by atoms with E-state index in [1.807, 2.05) is 24.3 Å². The first-order valence-electron chi connectivity index (χ1n) is 8.41. The van der Waals surface area contributed by atoms with Crippen molar-refractivity contribution in [3.8, 4) is 11.1 Å². The van der Waals surface area contributed by atoms with Gasteiger partial charge in [-0.25, -0.2) is 4.79 Å². The highest BCUT2D eigenvalue weighted by Crippen LogP contribution is 2.21. The number of Topliss-reactive ketones (excluding diaryl/α,β-unsaturated/α-hetero) is 1. The molecule has 5 heteroatoms. The molecule has 2 aromatic rings. The Hall–Kier alpha value is -2.50. The molecule has 0 aliphatic carbocycles. The monoisotopic (exact) mass is 338 g/mol. The summed E-state index contributed by atoms with van der Waals surface area (Å²) in [6.07, 6.45) is 0. The average Bonchev–Trinajstić information content (AvgIpc) is 2.64. The van der Waals surface area contributed by atoms with Gasteiger partial charge < -0.3 is 10.0 Å². The van der Waals surface area contributed by atoms with E-state index in [2.05, 4.69) is 16.8 Å². The number of likely N-dealkylation sites (N-methyl/N-ethyl adjacent to an activating group) is 1. The lowest BCUT2D eigenvalue weighted by Gasteiger charge is -2.31. The number of aromatic carboxylic acids is 1. The van der Waals surface area contributed by atoms with Crippen LogP contribution < -0.4 is 0 Å².